The van der Waals surface area contributed by atoms with Crippen molar-refractivity contribution in [1.82, 2.24) is 4.98 Å². The molecule has 0 atom stereocenters. The minimum atomic E-state index is -4.50. The van der Waals surface area contributed by atoms with E-state index in [0.29, 0.717) is 29.9 Å². The molecule has 0 radical (unpaired) electrons. The van der Waals surface area contributed by atoms with Gasteiger partial charge < -0.3 is 9.47 Å². The van der Waals surface area contributed by atoms with Gasteiger partial charge in [0.15, 0.2) is 17.3 Å². The number of nitrogens with zero attached hydrogens (tertiary/aromatic N) is 2. The number of aromatic nitrogens is 1. The van der Waals surface area contributed by atoms with E-state index in [9.17, 15) is 13.2 Å². The molecule has 25 heavy (non-hydrogen) atoms. The highest BCUT2D eigenvalue weighted by Gasteiger charge is 2.31. The molecule has 0 saturated heterocycles. The van der Waals surface area contributed by atoms with Gasteiger partial charge in [-0.05, 0) is 36.8 Å². The van der Waals surface area contributed by atoms with E-state index in [2.05, 4.69) is 15.5 Å². The van der Waals surface area contributed by atoms with E-state index in [4.69, 9.17) is 21.1 Å². The Labute approximate surface area is 147 Å². The van der Waals surface area contributed by atoms with Gasteiger partial charge in [0.25, 0.3) is 0 Å². The second-order valence-electron chi connectivity index (χ2n) is 4.77. The molecule has 1 N–H and O–H groups in total. The fourth-order valence-electron chi connectivity index (χ4n) is 1.88. The Morgan fingerprint density at radius 3 is 2.64 bits per heavy atom. The molecule has 0 aliphatic carbocycles. The zero-order valence-corrected chi connectivity index (χ0v) is 14.1. The zero-order chi connectivity index (χ0) is 18.4. The lowest BCUT2D eigenvalue weighted by Gasteiger charge is -2.09. The van der Waals surface area contributed by atoms with E-state index < -0.39 is 11.7 Å². The van der Waals surface area contributed by atoms with Crippen molar-refractivity contribution in [2.75, 3.05) is 19.1 Å². The van der Waals surface area contributed by atoms with Crippen LogP contribution in [0.1, 0.15) is 18.1 Å². The van der Waals surface area contributed by atoms with Gasteiger partial charge in [0.05, 0.1) is 30.5 Å². The summed E-state index contributed by atoms with van der Waals surface area (Å²) in [6.07, 6.45) is -2.37. The fourth-order valence-corrected chi connectivity index (χ4v) is 2.09. The van der Waals surface area contributed by atoms with Crippen LogP contribution in [0.25, 0.3) is 0 Å². The molecule has 0 bridgehead atoms. The lowest BCUT2D eigenvalue weighted by atomic mass is 10.2. The summed E-state index contributed by atoms with van der Waals surface area (Å²) in [4.78, 5) is 3.63. The van der Waals surface area contributed by atoms with Crippen molar-refractivity contribution in [2.24, 2.45) is 5.10 Å². The minimum absolute atomic E-state index is 0.0174. The molecule has 1 aromatic carbocycles. The van der Waals surface area contributed by atoms with Gasteiger partial charge in [-0.3, -0.25) is 5.43 Å². The maximum absolute atomic E-state index is 12.6. The molecule has 134 valence electrons. The summed E-state index contributed by atoms with van der Waals surface area (Å²) in [5, 5.41) is 3.73. The average Bonchev–Trinajstić information content (AvgIpc) is 2.56. The second kappa shape index (κ2) is 8.06. The van der Waals surface area contributed by atoms with E-state index in [-0.39, 0.29) is 10.8 Å². The van der Waals surface area contributed by atoms with E-state index in [1.807, 2.05) is 6.92 Å². The monoisotopic (exact) mass is 373 g/mol. The van der Waals surface area contributed by atoms with Crippen LogP contribution in [0.5, 0.6) is 11.5 Å². The Kier molecular flexibility index (Phi) is 6.08. The third-order valence-corrected chi connectivity index (χ3v) is 3.33. The van der Waals surface area contributed by atoms with Crippen LogP contribution in [-0.2, 0) is 6.18 Å². The van der Waals surface area contributed by atoms with Crippen LogP contribution in [0.2, 0.25) is 5.02 Å². The fraction of sp³-hybridized carbons (Fsp3) is 0.250. The molecule has 9 heteroatoms. The molecule has 0 saturated carbocycles. The molecule has 1 heterocycles. The van der Waals surface area contributed by atoms with E-state index in [1.54, 1.807) is 18.2 Å². The van der Waals surface area contributed by atoms with Gasteiger partial charge >= 0.3 is 6.18 Å². The minimum Gasteiger partial charge on any atom is -0.493 e. The summed E-state index contributed by atoms with van der Waals surface area (Å²) < 4.78 is 48.3. The number of rotatable bonds is 6. The highest BCUT2D eigenvalue weighted by atomic mass is 35.5. The van der Waals surface area contributed by atoms with Gasteiger partial charge in [0, 0.05) is 6.20 Å². The maximum Gasteiger partial charge on any atom is 0.417 e. The molecule has 1 aromatic heterocycles. The van der Waals surface area contributed by atoms with Crippen molar-refractivity contribution in [1.29, 1.82) is 0 Å². The zero-order valence-electron chi connectivity index (χ0n) is 13.4. The number of nitrogens with one attached hydrogen (secondary N) is 1. The van der Waals surface area contributed by atoms with Crippen molar-refractivity contribution < 1.29 is 22.6 Å². The predicted octanol–water partition coefficient (Wildman–Crippen LogP) is 4.61. The number of halogens is 4. The molecule has 0 fully saturated rings. The van der Waals surface area contributed by atoms with E-state index in [1.165, 1.54) is 13.3 Å². The Morgan fingerprint density at radius 2 is 2.04 bits per heavy atom. The van der Waals surface area contributed by atoms with E-state index >= 15 is 0 Å². The van der Waals surface area contributed by atoms with Crippen LogP contribution < -0.4 is 14.9 Å². The van der Waals surface area contributed by atoms with Crippen molar-refractivity contribution >= 4 is 23.6 Å². The highest BCUT2D eigenvalue weighted by molar-refractivity contribution is 6.32. The number of anilines is 1. The number of methoxy groups -OCH3 is 1. The summed E-state index contributed by atoms with van der Waals surface area (Å²) in [6, 6.07) is 5.97. The van der Waals surface area contributed by atoms with Crippen LogP contribution in [0, 0.1) is 0 Å². The van der Waals surface area contributed by atoms with Crippen LogP contribution in [-0.4, -0.2) is 24.9 Å². The molecule has 0 unspecified atom stereocenters. The number of ether oxygens (including phenoxy) is 2. The quantitative estimate of drug-likeness (QED) is 0.593. The van der Waals surface area contributed by atoms with Gasteiger partial charge in [-0.15, -0.1) is 0 Å². The Hall–Kier alpha value is -2.48. The standard InChI is InChI=1S/C16H15ClF3N3O2/c1-3-25-13-5-4-10(6-14(13)24-2)8-22-23-15-12(17)7-11(9-21-15)16(18,19)20/h4-9H,3H2,1-2H3,(H,21,23)/b22-8+. The van der Waals surface area contributed by atoms with Crippen molar-refractivity contribution in [3.8, 4) is 11.5 Å². The topological polar surface area (TPSA) is 55.7 Å². The summed E-state index contributed by atoms with van der Waals surface area (Å²) in [7, 11) is 1.52. The largest absolute Gasteiger partial charge is 0.493 e. The molecule has 0 aliphatic heterocycles. The maximum atomic E-state index is 12.6. The summed E-state index contributed by atoms with van der Waals surface area (Å²) >= 11 is 5.78. The number of hydrogen-bond acceptors (Lipinski definition) is 5. The van der Waals surface area contributed by atoms with Crippen molar-refractivity contribution in [2.45, 2.75) is 13.1 Å². The molecule has 5 nitrogen and oxygen atoms in total. The average molecular weight is 374 g/mol. The lowest BCUT2D eigenvalue weighted by Crippen LogP contribution is -2.06. The number of benzene rings is 1. The Bertz CT molecular complexity index is 767. The van der Waals surface area contributed by atoms with Gasteiger partial charge in [-0.1, -0.05) is 11.6 Å². The molecule has 2 aromatic rings. The molecular weight excluding hydrogens is 359 g/mol. The molecule has 0 spiro atoms. The lowest BCUT2D eigenvalue weighted by molar-refractivity contribution is -0.137. The first-order valence-corrected chi connectivity index (χ1v) is 7.55. The number of hydrazone groups is 1. The summed E-state index contributed by atoms with van der Waals surface area (Å²) in [6.45, 7) is 2.36. The number of alkyl halides is 3. The SMILES string of the molecule is CCOc1ccc(/C=N/Nc2ncc(C(F)(F)F)cc2Cl)cc1OC. The predicted molar refractivity (Wildman–Crippen MR) is 89.6 cm³/mol. The second-order valence-corrected chi connectivity index (χ2v) is 5.17. The summed E-state index contributed by atoms with van der Waals surface area (Å²) in [5.74, 6) is 1.16. The van der Waals surface area contributed by atoms with Gasteiger partial charge in [0.2, 0.25) is 0 Å². The Morgan fingerprint density at radius 1 is 1.28 bits per heavy atom. The van der Waals surface area contributed by atoms with Gasteiger partial charge in [-0.2, -0.15) is 18.3 Å². The highest BCUT2D eigenvalue weighted by Crippen LogP contribution is 2.32. The number of hydrogen-bond donors (Lipinski definition) is 1. The Balaban J connectivity index is 2.11. The molecular formula is C16H15ClF3N3O2. The normalized spacial score (nSPS) is 11.6. The van der Waals surface area contributed by atoms with Crippen LogP contribution >= 0.6 is 11.6 Å². The first-order valence-electron chi connectivity index (χ1n) is 7.17. The smallest absolute Gasteiger partial charge is 0.417 e. The molecule has 0 amide bonds. The third kappa shape index (κ3) is 4.99. The van der Waals surface area contributed by atoms with Crippen molar-refractivity contribution in [3.63, 3.8) is 0 Å². The van der Waals surface area contributed by atoms with Crippen LogP contribution in [0.3, 0.4) is 0 Å². The third-order valence-electron chi connectivity index (χ3n) is 3.04. The first kappa shape index (κ1) is 18.9. The van der Waals surface area contributed by atoms with Crippen LogP contribution in [0.15, 0.2) is 35.6 Å². The first-order chi connectivity index (χ1) is 11.8. The molecule has 0 aliphatic rings. The van der Waals surface area contributed by atoms with Gasteiger partial charge in [0.1, 0.15) is 0 Å². The van der Waals surface area contributed by atoms with E-state index in [0.717, 1.165) is 6.07 Å². The molecule has 2 rings (SSSR count). The van der Waals surface area contributed by atoms with Crippen LogP contribution in [0.4, 0.5) is 19.0 Å². The van der Waals surface area contributed by atoms with Gasteiger partial charge in [-0.25, -0.2) is 4.98 Å². The number of pyridine rings is 1. The van der Waals surface area contributed by atoms with Crippen molar-refractivity contribution in [3.05, 3.63) is 46.6 Å². The summed E-state index contributed by atoms with van der Waals surface area (Å²) in [5.41, 5.74) is 2.27.